The Labute approximate surface area is 105 Å². The van der Waals surface area contributed by atoms with E-state index in [9.17, 15) is 0 Å². The van der Waals surface area contributed by atoms with E-state index < -0.39 is 0 Å². The number of hydrogen-bond donors (Lipinski definition) is 1. The van der Waals surface area contributed by atoms with Crippen molar-refractivity contribution in [2.75, 3.05) is 7.11 Å². The Kier molecular flexibility index (Phi) is 3.01. The van der Waals surface area contributed by atoms with E-state index in [1.165, 1.54) is 17.5 Å². The van der Waals surface area contributed by atoms with Gasteiger partial charge in [-0.3, -0.25) is 0 Å². The normalized spacial score (nSPS) is 18.1. The van der Waals surface area contributed by atoms with Crippen molar-refractivity contribution in [3.63, 3.8) is 0 Å². The summed E-state index contributed by atoms with van der Waals surface area (Å²) in [6, 6.07) is 2.10. The highest BCUT2D eigenvalue weighted by Gasteiger charge is 2.38. The Morgan fingerprint density at radius 3 is 2.44 bits per heavy atom. The molecular weight excluding hydrogens is 266 g/mol. The molecule has 3 heteroatoms. The molecule has 1 aliphatic rings. The fraction of sp³-hybridized carbons (Fsp3) is 0.538. The van der Waals surface area contributed by atoms with Gasteiger partial charge in [0.1, 0.15) is 5.75 Å². The minimum absolute atomic E-state index is 0.177. The second kappa shape index (κ2) is 4.04. The molecule has 0 amide bonds. The average Bonchev–Trinajstić information content (AvgIpc) is 2.19. The zero-order chi connectivity index (χ0) is 11.9. The molecule has 1 fully saturated rings. The monoisotopic (exact) mass is 283 g/mol. The molecule has 1 saturated carbocycles. The Morgan fingerprint density at radius 2 is 2.00 bits per heavy atom. The Morgan fingerprint density at radius 1 is 1.38 bits per heavy atom. The van der Waals surface area contributed by atoms with Crippen LogP contribution in [0.2, 0.25) is 0 Å². The minimum atomic E-state index is -0.177. The lowest BCUT2D eigenvalue weighted by atomic mass is 9.70. The van der Waals surface area contributed by atoms with Gasteiger partial charge in [0, 0.05) is 15.6 Å². The fourth-order valence-electron chi connectivity index (χ4n) is 2.52. The van der Waals surface area contributed by atoms with Crippen molar-refractivity contribution in [1.29, 1.82) is 0 Å². The number of aryl methyl sites for hydroxylation is 1. The van der Waals surface area contributed by atoms with Gasteiger partial charge in [-0.2, -0.15) is 0 Å². The molecule has 0 radical (unpaired) electrons. The summed E-state index contributed by atoms with van der Waals surface area (Å²) in [6.45, 7) is 4.17. The van der Waals surface area contributed by atoms with Gasteiger partial charge in [0.2, 0.25) is 0 Å². The van der Waals surface area contributed by atoms with Crippen LogP contribution in [0.25, 0.3) is 0 Å². The number of rotatable bonds is 2. The molecule has 0 aliphatic heterocycles. The van der Waals surface area contributed by atoms with E-state index in [2.05, 4.69) is 35.8 Å². The first-order chi connectivity index (χ1) is 7.49. The lowest BCUT2D eigenvalue weighted by molar-refractivity contribution is 0.242. The van der Waals surface area contributed by atoms with Gasteiger partial charge >= 0.3 is 0 Å². The van der Waals surface area contributed by atoms with Crippen LogP contribution in [0.4, 0.5) is 0 Å². The lowest BCUT2D eigenvalue weighted by Gasteiger charge is -2.41. The third-order valence-corrected chi connectivity index (χ3v) is 4.43. The van der Waals surface area contributed by atoms with Gasteiger partial charge in [-0.15, -0.1) is 0 Å². The van der Waals surface area contributed by atoms with Crippen molar-refractivity contribution in [3.8, 4) is 5.75 Å². The highest BCUT2D eigenvalue weighted by atomic mass is 79.9. The Bertz CT molecular complexity index is 424. The zero-order valence-electron chi connectivity index (χ0n) is 10.1. The highest BCUT2D eigenvalue weighted by Crippen LogP contribution is 2.47. The SMILES string of the molecule is COc1c(C)cc(Br)c(C)c1C1(N)CCC1. The van der Waals surface area contributed by atoms with Gasteiger partial charge in [0.05, 0.1) is 7.11 Å². The number of methoxy groups -OCH3 is 1. The van der Waals surface area contributed by atoms with E-state index >= 15 is 0 Å². The molecule has 2 N–H and O–H groups in total. The predicted molar refractivity (Wildman–Crippen MR) is 69.9 cm³/mol. The lowest BCUT2D eigenvalue weighted by Crippen LogP contribution is -2.44. The van der Waals surface area contributed by atoms with Crippen LogP contribution in [0.3, 0.4) is 0 Å². The second-order valence-corrected chi connectivity index (χ2v) is 5.57. The Hall–Kier alpha value is -0.540. The van der Waals surface area contributed by atoms with Crippen LogP contribution in [0.15, 0.2) is 10.5 Å². The van der Waals surface area contributed by atoms with E-state index in [1.54, 1.807) is 7.11 Å². The molecule has 0 saturated heterocycles. The van der Waals surface area contributed by atoms with Crippen molar-refractivity contribution in [2.45, 2.75) is 38.6 Å². The van der Waals surface area contributed by atoms with E-state index in [0.29, 0.717) is 0 Å². The van der Waals surface area contributed by atoms with Crippen molar-refractivity contribution in [2.24, 2.45) is 5.73 Å². The maximum absolute atomic E-state index is 6.44. The standard InChI is InChI=1S/C13H18BrNO/c1-8-7-10(14)9(2)11(12(8)16-3)13(15)5-4-6-13/h7H,4-6,15H2,1-3H3. The van der Waals surface area contributed by atoms with Crippen LogP contribution in [0, 0.1) is 13.8 Å². The van der Waals surface area contributed by atoms with E-state index in [-0.39, 0.29) is 5.54 Å². The number of hydrogen-bond acceptors (Lipinski definition) is 2. The first kappa shape index (κ1) is 11.9. The van der Waals surface area contributed by atoms with E-state index in [0.717, 1.165) is 28.6 Å². The van der Waals surface area contributed by atoms with Crippen molar-refractivity contribution in [1.82, 2.24) is 0 Å². The fourth-order valence-corrected chi connectivity index (χ4v) is 3.06. The molecule has 88 valence electrons. The van der Waals surface area contributed by atoms with Crippen LogP contribution in [-0.4, -0.2) is 7.11 Å². The highest BCUT2D eigenvalue weighted by molar-refractivity contribution is 9.10. The summed E-state index contributed by atoms with van der Waals surface area (Å²) in [7, 11) is 1.72. The van der Waals surface area contributed by atoms with Crippen LogP contribution in [-0.2, 0) is 5.54 Å². The van der Waals surface area contributed by atoms with Gasteiger partial charge in [-0.05, 0) is 50.3 Å². The first-order valence-electron chi connectivity index (χ1n) is 5.62. The largest absolute Gasteiger partial charge is 0.496 e. The summed E-state index contributed by atoms with van der Waals surface area (Å²) in [5.41, 5.74) is 9.81. The zero-order valence-corrected chi connectivity index (χ0v) is 11.6. The molecule has 0 bridgehead atoms. The van der Waals surface area contributed by atoms with E-state index in [1.807, 2.05) is 0 Å². The number of halogens is 1. The van der Waals surface area contributed by atoms with Crippen molar-refractivity contribution in [3.05, 3.63) is 27.2 Å². The van der Waals surface area contributed by atoms with Crippen molar-refractivity contribution < 1.29 is 4.74 Å². The molecule has 0 heterocycles. The molecule has 0 spiro atoms. The molecule has 1 aliphatic carbocycles. The van der Waals surface area contributed by atoms with Crippen LogP contribution >= 0.6 is 15.9 Å². The molecule has 1 aromatic carbocycles. The second-order valence-electron chi connectivity index (χ2n) is 4.72. The molecule has 16 heavy (non-hydrogen) atoms. The maximum atomic E-state index is 6.44. The number of benzene rings is 1. The quantitative estimate of drug-likeness (QED) is 0.903. The number of ether oxygens (including phenoxy) is 1. The topological polar surface area (TPSA) is 35.2 Å². The molecule has 2 rings (SSSR count). The van der Waals surface area contributed by atoms with Crippen LogP contribution in [0.1, 0.15) is 36.0 Å². The van der Waals surface area contributed by atoms with Gasteiger partial charge in [-0.1, -0.05) is 15.9 Å². The molecule has 1 aromatic rings. The third kappa shape index (κ3) is 1.66. The molecule has 0 unspecified atom stereocenters. The third-order valence-electron chi connectivity index (χ3n) is 3.61. The maximum Gasteiger partial charge on any atom is 0.127 e. The van der Waals surface area contributed by atoms with Crippen molar-refractivity contribution >= 4 is 15.9 Å². The molecular formula is C13H18BrNO. The summed E-state index contributed by atoms with van der Waals surface area (Å²) in [5, 5.41) is 0. The number of nitrogens with two attached hydrogens (primary N) is 1. The summed E-state index contributed by atoms with van der Waals surface area (Å²) >= 11 is 3.59. The molecule has 0 aromatic heterocycles. The summed E-state index contributed by atoms with van der Waals surface area (Å²) < 4.78 is 6.66. The van der Waals surface area contributed by atoms with Crippen LogP contribution in [0.5, 0.6) is 5.75 Å². The van der Waals surface area contributed by atoms with Crippen LogP contribution < -0.4 is 10.5 Å². The van der Waals surface area contributed by atoms with Gasteiger partial charge in [0.15, 0.2) is 0 Å². The van der Waals surface area contributed by atoms with E-state index in [4.69, 9.17) is 10.5 Å². The first-order valence-corrected chi connectivity index (χ1v) is 6.42. The molecule has 0 atom stereocenters. The summed E-state index contributed by atoms with van der Waals surface area (Å²) in [4.78, 5) is 0. The van der Waals surface area contributed by atoms with Gasteiger partial charge in [-0.25, -0.2) is 0 Å². The Balaban J connectivity index is 2.65. The van der Waals surface area contributed by atoms with Gasteiger partial charge in [0.25, 0.3) is 0 Å². The smallest absolute Gasteiger partial charge is 0.127 e. The summed E-state index contributed by atoms with van der Waals surface area (Å²) in [5.74, 6) is 0.961. The predicted octanol–water partition coefficient (Wildman–Crippen LogP) is 3.41. The minimum Gasteiger partial charge on any atom is -0.496 e. The van der Waals surface area contributed by atoms with Gasteiger partial charge < -0.3 is 10.5 Å². The molecule has 2 nitrogen and oxygen atoms in total. The average molecular weight is 284 g/mol. The summed E-state index contributed by atoms with van der Waals surface area (Å²) in [6.07, 6.45) is 3.32.